The molecule has 212 valence electrons. The molecule has 4 aromatic rings. The first-order chi connectivity index (χ1) is 18.9. The van der Waals surface area contributed by atoms with Crippen molar-refractivity contribution in [2.24, 2.45) is 0 Å². The summed E-state index contributed by atoms with van der Waals surface area (Å²) in [6.07, 6.45) is 1.73. The van der Waals surface area contributed by atoms with E-state index in [1.54, 1.807) is 27.0 Å². The zero-order chi connectivity index (χ0) is 29.0. The Balaban J connectivity index is 0.000000681. The minimum atomic E-state index is -0.865. The van der Waals surface area contributed by atoms with Gasteiger partial charge in [-0.1, -0.05) is 30.7 Å². The minimum Gasteiger partial charge on any atom is -0.481 e. The smallest absolute Gasteiger partial charge is 0.307 e. The lowest BCUT2D eigenvalue weighted by molar-refractivity contribution is -0.136. The van der Waals surface area contributed by atoms with Gasteiger partial charge in [0.2, 0.25) is 5.95 Å². The average molecular weight is 582 g/mol. The molecule has 0 amide bonds. The number of carboxylic acid groups (broad SMARTS) is 1. The number of anilines is 1. The van der Waals surface area contributed by atoms with E-state index in [0.717, 1.165) is 81.8 Å². The van der Waals surface area contributed by atoms with Gasteiger partial charge >= 0.3 is 5.97 Å². The number of aliphatic hydroxyl groups is 1. The van der Waals surface area contributed by atoms with E-state index in [1.165, 1.54) is 11.3 Å². The first-order valence-electron chi connectivity index (χ1n) is 13.4. The maximum Gasteiger partial charge on any atom is 0.307 e. The molecule has 0 saturated carbocycles. The molecule has 1 aliphatic rings. The van der Waals surface area contributed by atoms with Crippen molar-refractivity contribution < 1.29 is 15.0 Å². The second kappa shape index (κ2) is 12.6. The predicted molar refractivity (Wildman–Crippen MR) is 163 cm³/mol. The largest absolute Gasteiger partial charge is 0.481 e. The fourth-order valence-electron chi connectivity index (χ4n) is 4.53. The number of hydrogen-bond acceptors (Lipinski definition) is 8. The molecule has 8 nitrogen and oxygen atoms in total. The number of nitrogens with zero attached hydrogens (tertiary/aromatic N) is 5. The molecular weight excluding hydrogens is 546 g/mol. The molecule has 1 saturated heterocycles. The summed E-state index contributed by atoms with van der Waals surface area (Å²) < 4.78 is 0.945. The van der Waals surface area contributed by atoms with Crippen LogP contribution in [-0.4, -0.2) is 74.4 Å². The molecule has 2 N–H and O–H groups in total. The Labute approximate surface area is 244 Å². The Bertz CT molecular complexity index is 1470. The van der Waals surface area contributed by atoms with Crippen LogP contribution in [-0.2, 0) is 11.2 Å². The summed E-state index contributed by atoms with van der Waals surface area (Å²) >= 11 is 7.66. The molecule has 0 radical (unpaired) electrons. The average Bonchev–Trinajstić information content (AvgIpc) is 3.32. The molecule has 10 heteroatoms. The van der Waals surface area contributed by atoms with Crippen LogP contribution in [0, 0.1) is 6.92 Å². The number of rotatable bonds is 6. The molecular formula is C30H36ClN5O3S. The topological polar surface area (TPSA) is 103 Å². The highest BCUT2D eigenvalue weighted by atomic mass is 35.5. The molecule has 40 heavy (non-hydrogen) atoms. The molecule has 0 aliphatic carbocycles. The number of thiazole rings is 1. The van der Waals surface area contributed by atoms with Gasteiger partial charge in [-0.3, -0.25) is 4.79 Å². The van der Waals surface area contributed by atoms with E-state index >= 15 is 0 Å². The van der Waals surface area contributed by atoms with Crippen LogP contribution in [0.15, 0.2) is 42.6 Å². The number of carboxylic acids is 1. The van der Waals surface area contributed by atoms with Gasteiger partial charge in [0.1, 0.15) is 10.7 Å². The van der Waals surface area contributed by atoms with Crippen molar-refractivity contribution in [3.8, 4) is 21.8 Å². The number of aromatic nitrogens is 3. The highest BCUT2D eigenvalue weighted by Crippen LogP contribution is 2.40. The van der Waals surface area contributed by atoms with Crippen molar-refractivity contribution in [1.29, 1.82) is 0 Å². The van der Waals surface area contributed by atoms with Crippen LogP contribution in [0.3, 0.4) is 0 Å². The summed E-state index contributed by atoms with van der Waals surface area (Å²) in [6.45, 7) is 14.2. The molecule has 1 aliphatic heterocycles. The molecule has 5 rings (SSSR count). The molecule has 0 spiro atoms. The zero-order valence-electron chi connectivity index (χ0n) is 23.6. The fraction of sp³-hybridized carbons (Fsp3) is 0.400. The van der Waals surface area contributed by atoms with E-state index in [-0.39, 0.29) is 6.42 Å². The number of hydrogen-bond donors (Lipinski definition) is 2. The van der Waals surface area contributed by atoms with Gasteiger partial charge < -0.3 is 20.0 Å². The Morgan fingerprint density at radius 3 is 2.33 bits per heavy atom. The van der Waals surface area contributed by atoms with Gasteiger partial charge in [-0.15, -0.1) is 11.3 Å². The molecule has 0 unspecified atom stereocenters. The zero-order valence-corrected chi connectivity index (χ0v) is 25.2. The Kier molecular flexibility index (Phi) is 9.41. The number of benzene rings is 2. The highest BCUT2D eigenvalue weighted by molar-refractivity contribution is 7.22. The maximum atomic E-state index is 11.7. The Morgan fingerprint density at radius 1 is 1.07 bits per heavy atom. The molecule has 0 bridgehead atoms. The minimum absolute atomic E-state index is 0.0612. The summed E-state index contributed by atoms with van der Waals surface area (Å²) in [6, 6.07) is 11.4. The SMILES string of the molecule is CC(C)(C)O.CCN1CCN(c2nccc(-c3nc4cc(C)c(CC(=O)O)c(-c5ccc(Cl)cc5)c4s3)n2)CC1. The number of piperazine rings is 1. The van der Waals surface area contributed by atoms with Crippen LogP contribution >= 0.6 is 22.9 Å². The highest BCUT2D eigenvalue weighted by Gasteiger charge is 2.22. The number of carbonyl (C=O) groups is 1. The third kappa shape index (κ3) is 7.54. The van der Waals surface area contributed by atoms with Crippen molar-refractivity contribution in [2.45, 2.75) is 46.6 Å². The normalized spacial score (nSPS) is 14.2. The lowest BCUT2D eigenvalue weighted by atomic mass is 9.93. The van der Waals surface area contributed by atoms with Gasteiger partial charge in [0.25, 0.3) is 0 Å². The monoisotopic (exact) mass is 581 g/mol. The van der Waals surface area contributed by atoms with Crippen LogP contribution in [0.4, 0.5) is 5.95 Å². The lowest BCUT2D eigenvalue weighted by Gasteiger charge is -2.34. The molecule has 2 aromatic heterocycles. The fourth-order valence-corrected chi connectivity index (χ4v) is 5.76. The lowest BCUT2D eigenvalue weighted by Crippen LogP contribution is -2.46. The van der Waals surface area contributed by atoms with Crippen molar-refractivity contribution in [1.82, 2.24) is 19.9 Å². The predicted octanol–water partition coefficient (Wildman–Crippen LogP) is 5.93. The van der Waals surface area contributed by atoms with Crippen molar-refractivity contribution >= 4 is 45.1 Å². The van der Waals surface area contributed by atoms with E-state index in [0.29, 0.717) is 5.02 Å². The van der Waals surface area contributed by atoms with Gasteiger partial charge in [-0.2, -0.15) is 0 Å². The van der Waals surface area contributed by atoms with Gasteiger partial charge in [0.05, 0.1) is 22.2 Å². The second-order valence-electron chi connectivity index (χ2n) is 10.8. The van der Waals surface area contributed by atoms with Gasteiger partial charge in [-0.05, 0) is 75.2 Å². The van der Waals surface area contributed by atoms with E-state index < -0.39 is 11.6 Å². The first kappa shape index (κ1) is 29.9. The standard InChI is InChI=1S/C26H26ClN5O2S.C4H10O/c1-3-31-10-12-32(13-11-31)26-28-9-8-20(30-26)25-29-21-14-16(2)19(15-22(33)34)23(24(21)35-25)17-4-6-18(27)7-5-17;1-4(2,3)5/h4-9,14H,3,10-13,15H2,1-2H3,(H,33,34);5H,1-3H3. The van der Waals surface area contributed by atoms with Crippen molar-refractivity contribution in [2.75, 3.05) is 37.6 Å². The maximum absolute atomic E-state index is 11.7. The number of aryl methyl sites for hydroxylation is 1. The summed E-state index contributed by atoms with van der Waals surface area (Å²) in [7, 11) is 0. The van der Waals surface area contributed by atoms with Crippen LogP contribution in [0.25, 0.3) is 32.0 Å². The third-order valence-corrected chi connectivity index (χ3v) is 7.80. The number of aliphatic carboxylic acids is 1. The third-order valence-electron chi connectivity index (χ3n) is 6.44. The molecule has 1 fully saturated rings. The molecule has 3 heterocycles. The summed E-state index contributed by atoms with van der Waals surface area (Å²) in [5, 5.41) is 19.5. The van der Waals surface area contributed by atoms with Gasteiger partial charge in [0, 0.05) is 43.0 Å². The summed E-state index contributed by atoms with van der Waals surface area (Å²) in [4.78, 5) is 30.6. The first-order valence-corrected chi connectivity index (χ1v) is 14.6. The van der Waals surface area contributed by atoms with Crippen molar-refractivity contribution in [3.05, 3.63) is 58.7 Å². The number of fused-ring (bicyclic) bond motifs is 1. The Hall–Kier alpha value is -3.11. The molecule has 0 atom stereocenters. The van der Waals surface area contributed by atoms with E-state index in [2.05, 4.69) is 21.7 Å². The van der Waals surface area contributed by atoms with Gasteiger partial charge in [-0.25, -0.2) is 15.0 Å². The molecule has 2 aromatic carbocycles. The summed E-state index contributed by atoms with van der Waals surface area (Å²) in [5.74, 6) is -0.144. The Morgan fingerprint density at radius 2 is 1.73 bits per heavy atom. The van der Waals surface area contributed by atoms with E-state index in [9.17, 15) is 9.90 Å². The van der Waals surface area contributed by atoms with Crippen LogP contribution in [0.5, 0.6) is 0 Å². The van der Waals surface area contributed by atoms with E-state index in [1.807, 2.05) is 43.3 Å². The summed E-state index contributed by atoms with van der Waals surface area (Å²) in [5.41, 5.74) is 4.62. The quantitative estimate of drug-likeness (QED) is 0.289. The van der Waals surface area contributed by atoms with Crippen molar-refractivity contribution in [3.63, 3.8) is 0 Å². The van der Waals surface area contributed by atoms with Crippen LogP contribution in [0.1, 0.15) is 38.8 Å². The number of halogens is 1. The van der Waals surface area contributed by atoms with Crippen LogP contribution < -0.4 is 4.90 Å². The van der Waals surface area contributed by atoms with E-state index in [4.69, 9.17) is 26.7 Å². The second-order valence-corrected chi connectivity index (χ2v) is 12.3. The van der Waals surface area contributed by atoms with Crippen LogP contribution in [0.2, 0.25) is 5.02 Å². The number of likely N-dealkylation sites (N-methyl/N-ethyl adjacent to an activating group) is 1. The van der Waals surface area contributed by atoms with Gasteiger partial charge in [0.15, 0.2) is 0 Å².